The number of anilines is 1. The Morgan fingerprint density at radius 2 is 1.75 bits per heavy atom. The van der Waals surface area contributed by atoms with E-state index in [2.05, 4.69) is 10.6 Å². The van der Waals surface area contributed by atoms with Crippen molar-refractivity contribution in [3.05, 3.63) is 63.6 Å². The molecule has 0 heterocycles. The van der Waals surface area contributed by atoms with Crippen molar-refractivity contribution in [1.82, 2.24) is 5.32 Å². The van der Waals surface area contributed by atoms with Gasteiger partial charge in [-0.3, -0.25) is 9.59 Å². The zero-order chi connectivity index (χ0) is 17.7. The Balaban J connectivity index is 2.23. The van der Waals surface area contributed by atoms with Crippen molar-refractivity contribution >= 4 is 40.7 Å². The summed E-state index contributed by atoms with van der Waals surface area (Å²) in [6, 6.07) is 11.5. The van der Waals surface area contributed by atoms with E-state index >= 15 is 0 Å². The number of hydrogen-bond acceptors (Lipinski definition) is 2. The van der Waals surface area contributed by atoms with Crippen LogP contribution < -0.4 is 10.6 Å². The standard InChI is InChI=1S/C18H18Cl2N2O2/c1-3-11(2)21-18(24)14-6-4-5-7-16(14)22-17(23)13-9-8-12(19)10-15(13)20/h4-11H,3H2,1-2H3,(H,21,24)(H,22,23)/t11-/m0/s1. The molecule has 1 atom stereocenters. The van der Waals surface area contributed by atoms with Gasteiger partial charge in [0.25, 0.3) is 11.8 Å². The molecular weight excluding hydrogens is 347 g/mol. The van der Waals surface area contributed by atoms with Crippen molar-refractivity contribution in [1.29, 1.82) is 0 Å². The number of halogens is 2. The fourth-order valence-electron chi connectivity index (χ4n) is 2.06. The first-order chi connectivity index (χ1) is 11.4. The van der Waals surface area contributed by atoms with Gasteiger partial charge in [-0.25, -0.2) is 0 Å². The molecule has 0 aliphatic rings. The van der Waals surface area contributed by atoms with E-state index in [1.807, 2.05) is 13.8 Å². The summed E-state index contributed by atoms with van der Waals surface area (Å²) in [6.07, 6.45) is 0.820. The summed E-state index contributed by atoms with van der Waals surface area (Å²) < 4.78 is 0. The summed E-state index contributed by atoms with van der Waals surface area (Å²) in [4.78, 5) is 24.8. The van der Waals surface area contributed by atoms with Gasteiger partial charge in [0, 0.05) is 11.1 Å². The molecule has 0 bridgehead atoms. The van der Waals surface area contributed by atoms with Gasteiger partial charge in [-0.1, -0.05) is 42.3 Å². The van der Waals surface area contributed by atoms with E-state index in [1.165, 1.54) is 6.07 Å². The zero-order valence-electron chi connectivity index (χ0n) is 13.4. The van der Waals surface area contributed by atoms with Crippen LogP contribution in [0.1, 0.15) is 41.0 Å². The van der Waals surface area contributed by atoms with Gasteiger partial charge >= 0.3 is 0 Å². The number of carbonyl (C=O) groups excluding carboxylic acids is 2. The Hall–Kier alpha value is -2.04. The van der Waals surface area contributed by atoms with Crippen molar-refractivity contribution in [2.75, 3.05) is 5.32 Å². The molecule has 126 valence electrons. The highest BCUT2D eigenvalue weighted by molar-refractivity contribution is 6.37. The van der Waals surface area contributed by atoms with E-state index in [1.54, 1.807) is 36.4 Å². The van der Waals surface area contributed by atoms with E-state index in [0.717, 1.165) is 6.42 Å². The summed E-state index contributed by atoms with van der Waals surface area (Å²) in [5.41, 5.74) is 1.11. The highest BCUT2D eigenvalue weighted by Crippen LogP contribution is 2.23. The number of amides is 2. The first-order valence-electron chi connectivity index (χ1n) is 7.58. The van der Waals surface area contributed by atoms with Crippen LogP contribution in [0.15, 0.2) is 42.5 Å². The molecule has 0 spiro atoms. The van der Waals surface area contributed by atoms with Crippen molar-refractivity contribution in [2.45, 2.75) is 26.3 Å². The van der Waals surface area contributed by atoms with Crippen molar-refractivity contribution in [3.8, 4) is 0 Å². The molecule has 2 N–H and O–H groups in total. The lowest BCUT2D eigenvalue weighted by Crippen LogP contribution is -2.32. The lowest BCUT2D eigenvalue weighted by Gasteiger charge is -2.15. The predicted octanol–water partition coefficient (Wildman–Crippen LogP) is 4.77. The molecule has 24 heavy (non-hydrogen) atoms. The lowest BCUT2D eigenvalue weighted by atomic mass is 10.1. The summed E-state index contributed by atoms with van der Waals surface area (Å²) >= 11 is 11.9. The summed E-state index contributed by atoms with van der Waals surface area (Å²) in [5.74, 6) is -0.636. The lowest BCUT2D eigenvalue weighted by molar-refractivity contribution is 0.0940. The SMILES string of the molecule is CC[C@H](C)NC(=O)c1ccccc1NC(=O)c1ccc(Cl)cc1Cl. The van der Waals surface area contributed by atoms with Gasteiger partial charge in [-0.2, -0.15) is 0 Å². The molecule has 2 amide bonds. The maximum absolute atomic E-state index is 12.4. The number of nitrogens with one attached hydrogen (secondary N) is 2. The van der Waals surface area contributed by atoms with Crippen LogP contribution in [0.25, 0.3) is 0 Å². The Morgan fingerprint density at radius 1 is 1.04 bits per heavy atom. The number of rotatable bonds is 5. The van der Waals surface area contributed by atoms with Crippen LogP contribution in [0.2, 0.25) is 10.0 Å². The van der Waals surface area contributed by atoms with Crippen LogP contribution in [0, 0.1) is 0 Å². The normalized spacial score (nSPS) is 11.7. The molecule has 0 unspecified atom stereocenters. The maximum atomic E-state index is 12.4. The van der Waals surface area contributed by atoms with Gasteiger partial charge < -0.3 is 10.6 Å². The minimum atomic E-state index is -0.402. The van der Waals surface area contributed by atoms with Crippen molar-refractivity contribution in [2.24, 2.45) is 0 Å². The van der Waals surface area contributed by atoms with Crippen LogP contribution in [0.3, 0.4) is 0 Å². The highest BCUT2D eigenvalue weighted by Gasteiger charge is 2.16. The minimum absolute atomic E-state index is 0.0481. The maximum Gasteiger partial charge on any atom is 0.257 e. The first-order valence-corrected chi connectivity index (χ1v) is 8.34. The quantitative estimate of drug-likeness (QED) is 0.802. The van der Waals surface area contributed by atoms with E-state index in [4.69, 9.17) is 23.2 Å². The first kappa shape index (κ1) is 18.3. The van der Waals surface area contributed by atoms with E-state index in [-0.39, 0.29) is 17.0 Å². The fourth-order valence-corrected chi connectivity index (χ4v) is 2.55. The fraction of sp³-hybridized carbons (Fsp3) is 0.222. The molecule has 0 radical (unpaired) electrons. The molecule has 0 aliphatic carbocycles. The third kappa shape index (κ3) is 4.49. The molecule has 6 heteroatoms. The molecule has 2 aromatic rings. The van der Waals surface area contributed by atoms with E-state index in [9.17, 15) is 9.59 Å². The number of para-hydroxylation sites is 1. The molecule has 0 fully saturated rings. The predicted molar refractivity (Wildman–Crippen MR) is 98.1 cm³/mol. The number of benzene rings is 2. The average molecular weight is 365 g/mol. The second kappa shape index (κ2) is 8.18. The van der Waals surface area contributed by atoms with Gasteiger partial charge in [0.2, 0.25) is 0 Å². The molecule has 0 saturated heterocycles. The third-order valence-corrected chi connectivity index (χ3v) is 4.13. The Labute approximate surface area is 151 Å². The van der Waals surface area contributed by atoms with Gasteiger partial charge in [0.15, 0.2) is 0 Å². The van der Waals surface area contributed by atoms with Crippen molar-refractivity contribution < 1.29 is 9.59 Å². The van der Waals surface area contributed by atoms with Gasteiger partial charge in [-0.05, 0) is 43.7 Å². The van der Waals surface area contributed by atoms with Crippen LogP contribution >= 0.6 is 23.2 Å². The third-order valence-electron chi connectivity index (χ3n) is 3.59. The van der Waals surface area contributed by atoms with Crippen LogP contribution in [0.5, 0.6) is 0 Å². The zero-order valence-corrected chi connectivity index (χ0v) is 14.9. The van der Waals surface area contributed by atoms with Gasteiger partial charge in [-0.15, -0.1) is 0 Å². The van der Waals surface area contributed by atoms with Crippen LogP contribution in [-0.4, -0.2) is 17.9 Å². The average Bonchev–Trinajstić information content (AvgIpc) is 2.54. The van der Waals surface area contributed by atoms with E-state index in [0.29, 0.717) is 21.8 Å². The summed E-state index contributed by atoms with van der Waals surface area (Å²) in [6.45, 7) is 3.91. The van der Waals surface area contributed by atoms with E-state index < -0.39 is 5.91 Å². The summed E-state index contributed by atoms with van der Waals surface area (Å²) in [7, 11) is 0. The minimum Gasteiger partial charge on any atom is -0.350 e. The molecular formula is C18H18Cl2N2O2. The second-order valence-electron chi connectivity index (χ2n) is 5.41. The van der Waals surface area contributed by atoms with Gasteiger partial charge in [0.1, 0.15) is 0 Å². The monoisotopic (exact) mass is 364 g/mol. The number of carbonyl (C=O) groups is 2. The van der Waals surface area contributed by atoms with Gasteiger partial charge in [0.05, 0.1) is 21.8 Å². The summed E-state index contributed by atoms with van der Waals surface area (Å²) in [5, 5.41) is 6.32. The Kier molecular flexibility index (Phi) is 6.23. The van der Waals surface area contributed by atoms with Crippen molar-refractivity contribution in [3.63, 3.8) is 0 Å². The molecule has 2 aromatic carbocycles. The Bertz CT molecular complexity index is 762. The molecule has 0 aliphatic heterocycles. The number of hydrogen-bond donors (Lipinski definition) is 2. The topological polar surface area (TPSA) is 58.2 Å². The molecule has 2 rings (SSSR count). The largest absolute Gasteiger partial charge is 0.350 e. The molecule has 0 saturated carbocycles. The van der Waals surface area contributed by atoms with Crippen LogP contribution in [-0.2, 0) is 0 Å². The molecule has 0 aromatic heterocycles. The Morgan fingerprint density at radius 3 is 2.42 bits per heavy atom. The highest BCUT2D eigenvalue weighted by atomic mass is 35.5. The van der Waals surface area contributed by atoms with Crippen LogP contribution in [0.4, 0.5) is 5.69 Å². The smallest absolute Gasteiger partial charge is 0.257 e. The molecule has 4 nitrogen and oxygen atoms in total. The second-order valence-corrected chi connectivity index (χ2v) is 6.25.